The van der Waals surface area contributed by atoms with E-state index in [9.17, 15) is 9.59 Å². The third-order valence-electron chi connectivity index (χ3n) is 3.28. The smallest absolute Gasteiger partial charge is 0.428 e. The summed E-state index contributed by atoms with van der Waals surface area (Å²) in [6.45, 7) is 1.70. The van der Waals surface area contributed by atoms with Gasteiger partial charge in [-0.05, 0) is 36.8 Å². The Morgan fingerprint density at radius 2 is 1.93 bits per heavy atom. The molecule has 0 fully saturated rings. The van der Waals surface area contributed by atoms with Crippen LogP contribution in [0.4, 0.5) is 10.6 Å². The molecule has 9 heteroatoms. The lowest BCUT2D eigenvalue weighted by molar-refractivity contribution is -0.115. The number of benzene rings is 1. The number of carbonyl (C=O) groups excluding carboxylic acids is 2. The largest absolute Gasteiger partial charge is 0.497 e. The molecule has 1 aromatic heterocycles. The highest BCUT2D eigenvalue weighted by atomic mass is 35.5. The van der Waals surface area contributed by atoms with Crippen LogP contribution in [0.25, 0.3) is 0 Å². The Balaban J connectivity index is 1.73. The summed E-state index contributed by atoms with van der Waals surface area (Å²) in [4.78, 5) is 27.5. The maximum absolute atomic E-state index is 11.9. The molecule has 8 nitrogen and oxygen atoms in total. The summed E-state index contributed by atoms with van der Waals surface area (Å²) < 4.78 is 10.1. The summed E-state index contributed by atoms with van der Waals surface area (Å²) in [6, 6.07) is 10.3. The predicted molar refractivity (Wildman–Crippen MR) is 102 cm³/mol. The van der Waals surface area contributed by atoms with E-state index in [4.69, 9.17) is 21.1 Å². The number of hydrazone groups is 1. The third kappa shape index (κ3) is 7.33. The summed E-state index contributed by atoms with van der Waals surface area (Å²) in [7, 11) is 1.57. The number of ether oxygens (including phenoxy) is 2. The molecule has 0 aliphatic carbocycles. The number of hydrogen-bond acceptors (Lipinski definition) is 6. The molecule has 0 bridgehead atoms. The molecular formula is C18H19ClN4O4. The van der Waals surface area contributed by atoms with Crippen molar-refractivity contribution in [3.63, 3.8) is 0 Å². The van der Waals surface area contributed by atoms with Gasteiger partial charge in [-0.2, -0.15) is 5.10 Å². The van der Waals surface area contributed by atoms with Crippen LogP contribution in [-0.2, 0) is 16.1 Å². The van der Waals surface area contributed by atoms with Crippen LogP contribution in [0.3, 0.4) is 0 Å². The third-order valence-corrected chi connectivity index (χ3v) is 3.50. The molecule has 27 heavy (non-hydrogen) atoms. The van der Waals surface area contributed by atoms with Crippen LogP contribution in [0.5, 0.6) is 5.75 Å². The molecule has 0 aliphatic rings. The molecule has 1 heterocycles. The summed E-state index contributed by atoms with van der Waals surface area (Å²) in [5, 5.41) is 6.90. The van der Waals surface area contributed by atoms with E-state index in [0.717, 1.165) is 11.3 Å². The maximum Gasteiger partial charge on any atom is 0.428 e. The molecule has 0 spiro atoms. The molecule has 0 unspecified atom stereocenters. The monoisotopic (exact) mass is 390 g/mol. The molecule has 0 atom stereocenters. The van der Waals surface area contributed by atoms with Crippen molar-refractivity contribution in [3.8, 4) is 5.75 Å². The normalized spacial score (nSPS) is 10.9. The fourth-order valence-electron chi connectivity index (χ4n) is 1.95. The van der Waals surface area contributed by atoms with E-state index in [1.54, 1.807) is 50.4 Å². The zero-order valence-electron chi connectivity index (χ0n) is 14.9. The molecule has 2 amide bonds. The predicted octanol–water partition coefficient (Wildman–Crippen LogP) is 3.37. The molecule has 0 saturated carbocycles. The molecule has 0 aliphatic heterocycles. The van der Waals surface area contributed by atoms with Crippen molar-refractivity contribution in [2.75, 3.05) is 12.4 Å². The zero-order chi connectivity index (χ0) is 19.6. The van der Waals surface area contributed by atoms with Crippen LogP contribution in [-0.4, -0.2) is 29.8 Å². The SMILES string of the molecule is COc1ccc(COC(=O)NN=C(C)CC(=O)Nc2ccc(Cl)cn2)cc1. The average Bonchev–Trinajstić information content (AvgIpc) is 2.67. The van der Waals surface area contributed by atoms with Gasteiger partial charge in [0.15, 0.2) is 0 Å². The van der Waals surface area contributed by atoms with Crippen molar-refractivity contribution in [2.45, 2.75) is 20.0 Å². The highest BCUT2D eigenvalue weighted by Crippen LogP contribution is 2.12. The van der Waals surface area contributed by atoms with Gasteiger partial charge in [0.2, 0.25) is 5.91 Å². The molecule has 2 aromatic rings. The average molecular weight is 391 g/mol. The number of amides is 2. The lowest BCUT2D eigenvalue weighted by Crippen LogP contribution is -2.22. The number of nitrogens with zero attached hydrogens (tertiary/aromatic N) is 2. The van der Waals surface area contributed by atoms with Crippen LogP contribution in [0.2, 0.25) is 5.02 Å². The Morgan fingerprint density at radius 3 is 2.56 bits per heavy atom. The first-order valence-corrected chi connectivity index (χ1v) is 8.34. The van der Waals surface area contributed by atoms with E-state index in [1.165, 1.54) is 6.20 Å². The summed E-state index contributed by atoms with van der Waals surface area (Å²) in [6.07, 6.45) is 0.701. The van der Waals surface area contributed by atoms with E-state index >= 15 is 0 Å². The quantitative estimate of drug-likeness (QED) is 0.557. The van der Waals surface area contributed by atoms with Crippen molar-refractivity contribution >= 4 is 35.1 Å². The van der Waals surface area contributed by atoms with E-state index < -0.39 is 6.09 Å². The van der Waals surface area contributed by atoms with Gasteiger partial charge in [0, 0.05) is 11.9 Å². The summed E-state index contributed by atoms with van der Waals surface area (Å²) >= 11 is 5.73. The summed E-state index contributed by atoms with van der Waals surface area (Å²) in [5.74, 6) is 0.777. The summed E-state index contributed by atoms with van der Waals surface area (Å²) in [5.41, 5.74) is 3.45. The fraction of sp³-hybridized carbons (Fsp3) is 0.222. The number of aromatic nitrogens is 1. The van der Waals surface area contributed by atoms with Crippen LogP contribution >= 0.6 is 11.6 Å². The number of halogens is 1. The Bertz CT molecular complexity index is 807. The first kappa shape index (κ1) is 20.2. The van der Waals surface area contributed by atoms with Gasteiger partial charge in [-0.25, -0.2) is 15.2 Å². The van der Waals surface area contributed by atoms with Crippen LogP contribution in [0.15, 0.2) is 47.7 Å². The van der Waals surface area contributed by atoms with Crippen molar-refractivity contribution in [1.29, 1.82) is 0 Å². The number of methoxy groups -OCH3 is 1. The molecule has 0 saturated heterocycles. The Morgan fingerprint density at radius 1 is 1.19 bits per heavy atom. The minimum absolute atomic E-state index is 0.0108. The number of pyridine rings is 1. The van der Waals surface area contributed by atoms with Crippen molar-refractivity contribution in [3.05, 3.63) is 53.2 Å². The Hall–Kier alpha value is -3.13. The van der Waals surface area contributed by atoms with E-state index in [2.05, 4.69) is 20.8 Å². The lowest BCUT2D eigenvalue weighted by Gasteiger charge is -2.06. The van der Waals surface area contributed by atoms with Gasteiger partial charge in [0.25, 0.3) is 0 Å². The minimum Gasteiger partial charge on any atom is -0.497 e. The van der Waals surface area contributed by atoms with Gasteiger partial charge in [0.1, 0.15) is 18.2 Å². The van der Waals surface area contributed by atoms with Crippen molar-refractivity contribution in [1.82, 2.24) is 10.4 Å². The van der Waals surface area contributed by atoms with Gasteiger partial charge in [0.05, 0.1) is 18.6 Å². The first-order valence-electron chi connectivity index (χ1n) is 7.96. The van der Waals surface area contributed by atoms with Crippen molar-refractivity contribution in [2.24, 2.45) is 5.10 Å². The van der Waals surface area contributed by atoms with E-state index in [-0.39, 0.29) is 18.9 Å². The molecule has 2 rings (SSSR count). The number of nitrogens with one attached hydrogen (secondary N) is 2. The van der Waals surface area contributed by atoms with Crippen LogP contribution < -0.4 is 15.5 Å². The van der Waals surface area contributed by atoms with Crippen LogP contribution in [0, 0.1) is 0 Å². The van der Waals surface area contributed by atoms with Crippen molar-refractivity contribution < 1.29 is 19.1 Å². The second kappa shape index (κ2) is 10.1. The van der Waals surface area contributed by atoms with E-state index in [1.807, 2.05) is 0 Å². The molecular weight excluding hydrogens is 372 g/mol. The maximum atomic E-state index is 11.9. The van der Waals surface area contributed by atoms with Crippen LogP contribution in [0.1, 0.15) is 18.9 Å². The first-order chi connectivity index (χ1) is 13.0. The zero-order valence-corrected chi connectivity index (χ0v) is 15.6. The lowest BCUT2D eigenvalue weighted by atomic mass is 10.2. The second-order valence-electron chi connectivity index (χ2n) is 5.47. The van der Waals surface area contributed by atoms with Gasteiger partial charge >= 0.3 is 6.09 Å². The number of anilines is 1. The minimum atomic E-state index is -0.718. The second-order valence-corrected chi connectivity index (χ2v) is 5.91. The molecule has 1 aromatic carbocycles. The Kier molecular flexibility index (Phi) is 7.57. The molecule has 2 N–H and O–H groups in total. The van der Waals surface area contributed by atoms with Gasteiger partial charge in [-0.3, -0.25) is 4.79 Å². The number of carbonyl (C=O) groups is 2. The highest BCUT2D eigenvalue weighted by molar-refractivity contribution is 6.30. The van der Waals surface area contributed by atoms with Gasteiger partial charge < -0.3 is 14.8 Å². The number of rotatable bonds is 7. The fourth-order valence-corrected chi connectivity index (χ4v) is 2.06. The number of hydrogen-bond donors (Lipinski definition) is 2. The van der Waals surface area contributed by atoms with Gasteiger partial charge in [-0.15, -0.1) is 0 Å². The standard InChI is InChI=1S/C18H19ClN4O4/c1-12(9-17(24)21-16-8-5-14(19)10-20-16)22-23-18(25)27-11-13-3-6-15(26-2)7-4-13/h3-8,10H,9,11H2,1-2H3,(H,23,25)(H,20,21,24). The highest BCUT2D eigenvalue weighted by Gasteiger charge is 2.07. The van der Waals surface area contributed by atoms with E-state index in [0.29, 0.717) is 16.6 Å². The Labute approximate surface area is 161 Å². The van der Waals surface area contributed by atoms with Gasteiger partial charge in [-0.1, -0.05) is 23.7 Å². The molecule has 142 valence electrons. The topological polar surface area (TPSA) is 102 Å². The molecule has 0 radical (unpaired) electrons.